The van der Waals surface area contributed by atoms with E-state index >= 15 is 0 Å². The minimum absolute atomic E-state index is 0.0990. The van der Waals surface area contributed by atoms with E-state index in [0.29, 0.717) is 17.9 Å². The lowest BCUT2D eigenvalue weighted by Gasteiger charge is -2.08. The second-order valence-corrected chi connectivity index (χ2v) is 4.88. The Bertz CT molecular complexity index is 733. The average Bonchev–Trinajstić information content (AvgIpc) is 2.50. The lowest BCUT2D eigenvalue weighted by atomic mass is 10.1. The predicted octanol–water partition coefficient (Wildman–Crippen LogP) is 2.43. The van der Waals surface area contributed by atoms with Gasteiger partial charge in [-0.3, -0.25) is 4.79 Å². The smallest absolute Gasteiger partial charge is 0.336 e. The normalized spacial score (nSPS) is 10.4. The van der Waals surface area contributed by atoms with Crippen molar-refractivity contribution in [2.75, 3.05) is 13.2 Å². The van der Waals surface area contributed by atoms with Crippen LogP contribution in [0.25, 0.3) is 11.0 Å². The highest BCUT2D eigenvalue weighted by Gasteiger charge is 2.07. The van der Waals surface area contributed by atoms with Crippen molar-refractivity contribution in [1.29, 1.82) is 0 Å². The number of benzene rings is 1. The Morgan fingerprint density at radius 3 is 2.95 bits per heavy atom. The number of aryl methyl sites for hydroxylation is 1. The van der Waals surface area contributed by atoms with Gasteiger partial charge in [0.1, 0.15) is 11.3 Å². The summed E-state index contributed by atoms with van der Waals surface area (Å²) in [5, 5.41) is 3.51. The van der Waals surface area contributed by atoms with Crippen LogP contribution in [0.3, 0.4) is 0 Å². The maximum absolute atomic E-state index is 11.6. The zero-order valence-electron chi connectivity index (χ0n) is 12.6. The number of nitrogens with one attached hydrogen (secondary N) is 1. The van der Waals surface area contributed by atoms with Crippen LogP contribution in [-0.2, 0) is 11.2 Å². The molecule has 0 bridgehead atoms. The van der Waals surface area contributed by atoms with Crippen LogP contribution in [0.5, 0.6) is 5.75 Å². The Kier molecular flexibility index (Phi) is 5.36. The molecule has 0 aliphatic rings. The molecule has 1 aromatic heterocycles. The van der Waals surface area contributed by atoms with Crippen LogP contribution in [0.15, 0.2) is 46.1 Å². The Morgan fingerprint density at radius 2 is 2.23 bits per heavy atom. The third-order valence-corrected chi connectivity index (χ3v) is 3.13. The van der Waals surface area contributed by atoms with E-state index in [-0.39, 0.29) is 18.1 Å². The molecular formula is C17H19NO4. The second kappa shape index (κ2) is 7.45. The van der Waals surface area contributed by atoms with E-state index in [1.807, 2.05) is 6.07 Å². The van der Waals surface area contributed by atoms with Gasteiger partial charge in [-0.05, 0) is 24.1 Å². The van der Waals surface area contributed by atoms with E-state index in [0.717, 1.165) is 23.8 Å². The summed E-state index contributed by atoms with van der Waals surface area (Å²) < 4.78 is 10.6. The largest absolute Gasteiger partial charge is 0.484 e. The highest BCUT2D eigenvalue weighted by atomic mass is 16.5. The van der Waals surface area contributed by atoms with E-state index in [1.165, 1.54) is 6.07 Å². The van der Waals surface area contributed by atoms with Gasteiger partial charge in [-0.1, -0.05) is 19.4 Å². The molecular weight excluding hydrogens is 282 g/mol. The molecule has 5 nitrogen and oxygen atoms in total. The molecule has 22 heavy (non-hydrogen) atoms. The van der Waals surface area contributed by atoms with Crippen molar-refractivity contribution in [3.05, 3.63) is 52.9 Å². The molecule has 0 atom stereocenters. The summed E-state index contributed by atoms with van der Waals surface area (Å²) in [6.07, 6.45) is 3.35. The van der Waals surface area contributed by atoms with Gasteiger partial charge in [0, 0.05) is 24.1 Å². The Labute approximate surface area is 128 Å². The number of hydrogen-bond donors (Lipinski definition) is 1. The number of ether oxygens (including phenoxy) is 1. The summed E-state index contributed by atoms with van der Waals surface area (Å²) in [6.45, 7) is 5.87. The first kappa shape index (κ1) is 15.8. The van der Waals surface area contributed by atoms with Gasteiger partial charge in [-0.25, -0.2) is 4.79 Å². The quantitative estimate of drug-likeness (QED) is 0.630. The fraction of sp³-hybridized carbons (Fsp3) is 0.294. The molecule has 0 fully saturated rings. The Balaban J connectivity index is 2.18. The maximum atomic E-state index is 11.6. The second-order valence-electron chi connectivity index (χ2n) is 4.88. The summed E-state index contributed by atoms with van der Waals surface area (Å²) >= 11 is 0. The molecule has 116 valence electrons. The number of hydrogen-bond acceptors (Lipinski definition) is 4. The number of rotatable bonds is 7. The van der Waals surface area contributed by atoms with Gasteiger partial charge in [0.15, 0.2) is 6.61 Å². The highest BCUT2D eigenvalue weighted by Crippen LogP contribution is 2.23. The Morgan fingerprint density at radius 1 is 1.41 bits per heavy atom. The minimum Gasteiger partial charge on any atom is -0.484 e. The number of amides is 1. The average molecular weight is 301 g/mol. The molecule has 2 aromatic rings. The Hall–Kier alpha value is -2.56. The van der Waals surface area contributed by atoms with Crippen molar-refractivity contribution in [2.45, 2.75) is 19.8 Å². The monoisotopic (exact) mass is 301 g/mol. The van der Waals surface area contributed by atoms with Crippen LogP contribution in [0.2, 0.25) is 0 Å². The summed E-state index contributed by atoms with van der Waals surface area (Å²) in [6, 6.07) is 6.77. The van der Waals surface area contributed by atoms with Gasteiger partial charge in [-0.2, -0.15) is 0 Å². The van der Waals surface area contributed by atoms with Crippen LogP contribution in [0.4, 0.5) is 0 Å². The van der Waals surface area contributed by atoms with E-state index in [1.54, 1.807) is 18.2 Å². The third kappa shape index (κ3) is 3.97. The molecule has 0 radical (unpaired) electrons. The lowest BCUT2D eigenvalue weighted by Crippen LogP contribution is -2.28. The summed E-state index contributed by atoms with van der Waals surface area (Å²) in [5.74, 6) is 0.249. The van der Waals surface area contributed by atoms with Crippen LogP contribution in [0.1, 0.15) is 18.9 Å². The van der Waals surface area contributed by atoms with Crippen LogP contribution in [-0.4, -0.2) is 19.1 Å². The zero-order valence-corrected chi connectivity index (χ0v) is 12.6. The van der Waals surface area contributed by atoms with Crippen molar-refractivity contribution < 1.29 is 13.9 Å². The lowest BCUT2D eigenvalue weighted by molar-refractivity contribution is -0.122. The molecule has 0 unspecified atom stereocenters. The molecule has 2 rings (SSSR count). The van der Waals surface area contributed by atoms with Crippen molar-refractivity contribution in [1.82, 2.24) is 5.32 Å². The fourth-order valence-corrected chi connectivity index (χ4v) is 2.16. The van der Waals surface area contributed by atoms with Gasteiger partial charge in [0.25, 0.3) is 5.91 Å². The molecule has 0 aliphatic carbocycles. The van der Waals surface area contributed by atoms with Crippen LogP contribution in [0, 0.1) is 0 Å². The first-order chi connectivity index (χ1) is 10.6. The van der Waals surface area contributed by atoms with Gasteiger partial charge in [0.05, 0.1) is 0 Å². The standard InChI is InChI=1S/C17H19NO4/c1-3-5-12-9-17(20)22-15-10-13(6-7-14(12)15)21-11-16(19)18-8-4-2/h4,6-7,9-10H,2-3,5,8,11H2,1H3,(H,18,19). The summed E-state index contributed by atoms with van der Waals surface area (Å²) in [4.78, 5) is 23.1. The van der Waals surface area contributed by atoms with Gasteiger partial charge >= 0.3 is 5.63 Å². The molecule has 1 heterocycles. The first-order valence-electron chi connectivity index (χ1n) is 7.21. The molecule has 0 saturated carbocycles. The molecule has 1 N–H and O–H groups in total. The van der Waals surface area contributed by atoms with E-state index < -0.39 is 0 Å². The zero-order chi connectivity index (χ0) is 15.9. The summed E-state index contributed by atoms with van der Waals surface area (Å²) in [5.41, 5.74) is 1.06. The molecule has 1 amide bonds. The van der Waals surface area contributed by atoms with E-state index in [2.05, 4.69) is 18.8 Å². The third-order valence-electron chi connectivity index (χ3n) is 3.13. The highest BCUT2D eigenvalue weighted by molar-refractivity contribution is 5.82. The topological polar surface area (TPSA) is 68.5 Å². The van der Waals surface area contributed by atoms with Crippen LogP contribution >= 0.6 is 0 Å². The number of carbonyl (C=O) groups excluding carboxylic acids is 1. The maximum Gasteiger partial charge on any atom is 0.336 e. The molecule has 0 spiro atoms. The van der Waals surface area contributed by atoms with Crippen molar-refractivity contribution >= 4 is 16.9 Å². The SMILES string of the molecule is C=CCNC(=O)COc1ccc2c(CCC)cc(=O)oc2c1. The molecule has 0 saturated heterocycles. The van der Waals surface area contributed by atoms with Crippen molar-refractivity contribution in [3.63, 3.8) is 0 Å². The number of fused-ring (bicyclic) bond motifs is 1. The van der Waals surface area contributed by atoms with Crippen molar-refractivity contribution in [2.24, 2.45) is 0 Å². The molecule has 1 aromatic carbocycles. The summed E-state index contributed by atoms with van der Waals surface area (Å²) in [7, 11) is 0. The number of carbonyl (C=O) groups is 1. The van der Waals surface area contributed by atoms with Gasteiger partial charge in [0.2, 0.25) is 0 Å². The van der Waals surface area contributed by atoms with E-state index in [9.17, 15) is 9.59 Å². The predicted molar refractivity (Wildman–Crippen MR) is 85.2 cm³/mol. The van der Waals surface area contributed by atoms with Crippen molar-refractivity contribution in [3.8, 4) is 5.75 Å². The molecule has 5 heteroatoms. The first-order valence-corrected chi connectivity index (χ1v) is 7.21. The van der Waals surface area contributed by atoms with Gasteiger partial charge in [-0.15, -0.1) is 6.58 Å². The van der Waals surface area contributed by atoms with Gasteiger partial charge < -0.3 is 14.5 Å². The fourth-order valence-electron chi connectivity index (χ4n) is 2.16. The minimum atomic E-state index is -0.378. The molecule has 0 aliphatic heterocycles. The van der Waals surface area contributed by atoms with Crippen LogP contribution < -0.4 is 15.7 Å². The van der Waals surface area contributed by atoms with E-state index in [4.69, 9.17) is 9.15 Å².